The van der Waals surface area contributed by atoms with Crippen molar-refractivity contribution < 1.29 is 0 Å². The molecule has 0 saturated heterocycles. The van der Waals surface area contributed by atoms with E-state index in [-0.39, 0.29) is 0 Å². The van der Waals surface area contributed by atoms with E-state index in [0.29, 0.717) is 27.2 Å². The first-order chi connectivity index (χ1) is 8.65. The second-order valence-electron chi connectivity index (χ2n) is 4.36. The Bertz CT molecular complexity index is 428. The van der Waals surface area contributed by atoms with Crippen LogP contribution in [0.1, 0.15) is 19.3 Å². The highest BCUT2D eigenvalue weighted by Crippen LogP contribution is 2.34. The van der Waals surface area contributed by atoms with Crippen molar-refractivity contribution in [2.75, 3.05) is 23.9 Å². The van der Waals surface area contributed by atoms with Crippen molar-refractivity contribution in [3.63, 3.8) is 0 Å². The number of pyridine rings is 1. The summed E-state index contributed by atoms with van der Waals surface area (Å²) >= 11 is 14.1. The van der Waals surface area contributed by atoms with Crippen molar-refractivity contribution in [1.82, 2.24) is 4.98 Å². The first-order valence-corrected chi connectivity index (χ1v) is 8.03. The summed E-state index contributed by atoms with van der Waals surface area (Å²) in [4.78, 5) is 4.43. The highest BCUT2D eigenvalue weighted by atomic mass is 35.5. The van der Waals surface area contributed by atoms with Crippen molar-refractivity contribution in [3.8, 4) is 0 Å². The molecule has 1 aromatic rings. The van der Waals surface area contributed by atoms with E-state index in [4.69, 9.17) is 23.2 Å². The molecule has 0 bridgehead atoms. The summed E-state index contributed by atoms with van der Waals surface area (Å²) in [5.41, 5.74) is 0. The van der Waals surface area contributed by atoms with Gasteiger partial charge in [0.15, 0.2) is 0 Å². The number of hydrogen-bond donors (Lipinski definition) is 2. The Balaban J connectivity index is 2.18. The van der Waals surface area contributed by atoms with Crippen molar-refractivity contribution in [2.45, 2.75) is 30.6 Å². The molecule has 0 radical (unpaired) electrons. The van der Waals surface area contributed by atoms with Gasteiger partial charge in [0.05, 0.1) is 10.0 Å². The number of thioether (sulfide) groups is 1. The number of rotatable bonds is 4. The predicted octanol–water partition coefficient (Wildman–Crippen LogP) is 4.13. The maximum Gasteiger partial charge on any atom is 0.147 e. The molecule has 0 aromatic carbocycles. The molecule has 2 atom stereocenters. The number of aromatic nitrogens is 1. The topological polar surface area (TPSA) is 37.0 Å². The van der Waals surface area contributed by atoms with Gasteiger partial charge >= 0.3 is 0 Å². The third-order valence-electron chi connectivity index (χ3n) is 3.24. The van der Waals surface area contributed by atoms with E-state index in [0.717, 1.165) is 5.82 Å². The van der Waals surface area contributed by atoms with Crippen LogP contribution in [0, 0.1) is 0 Å². The maximum atomic E-state index is 6.18. The zero-order valence-corrected chi connectivity index (χ0v) is 12.8. The lowest BCUT2D eigenvalue weighted by molar-refractivity contribution is 0.764. The van der Waals surface area contributed by atoms with Gasteiger partial charge in [0.1, 0.15) is 11.6 Å². The van der Waals surface area contributed by atoms with E-state index in [2.05, 4.69) is 21.9 Å². The fraction of sp³-hybridized carbons (Fsp3) is 0.583. The van der Waals surface area contributed by atoms with E-state index < -0.39 is 0 Å². The molecule has 1 aromatic heterocycles. The summed E-state index contributed by atoms with van der Waals surface area (Å²) < 4.78 is 0. The molecule has 1 aliphatic carbocycles. The highest BCUT2D eigenvalue weighted by Gasteiger charge is 2.27. The zero-order valence-electron chi connectivity index (χ0n) is 10.5. The number of halogens is 2. The van der Waals surface area contributed by atoms with Gasteiger partial charge < -0.3 is 10.6 Å². The van der Waals surface area contributed by atoms with E-state index >= 15 is 0 Å². The normalized spacial score (nSPS) is 23.1. The molecule has 3 nitrogen and oxygen atoms in total. The molecule has 6 heteroatoms. The highest BCUT2D eigenvalue weighted by molar-refractivity contribution is 7.99. The molecular formula is C12H17Cl2N3S. The third kappa shape index (κ3) is 2.98. The minimum Gasteiger partial charge on any atom is -0.372 e. The number of anilines is 2. The van der Waals surface area contributed by atoms with E-state index in [1.807, 2.05) is 11.8 Å². The molecule has 2 rings (SSSR count). The van der Waals surface area contributed by atoms with Crippen LogP contribution in [0.3, 0.4) is 0 Å². The molecule has 100 valence electrons. The molecule has 1 aliphatic rings. The largest absolute Gasteiger partial charge is 0.372 e. The zero-order chi connectivity index (χ0) is 13.1. The maximum absolute atomic E-state index is 6.18. The van der Waals surface area contributed by atoms with Gasteiger partial charge in [-0.15, -0.1) is 0 Å². The molecule has 1 saturated carbocycles. The van der Waals surface area contributed by atoms with Crippen LogP contribution in [0.5, 0.6) is 0 Å². The lowest BCUT2D eigenvalue weighted by Crippen LogP contribution is -2.26. The van der Waals surface area contributed by atoms with Gasteiger partial charge in [-0.05, 0) is 25.2 Å². The Kier molecular flexibility index (Phi) is 4.87. The third-order valence-corrected chi connectivity index (χ3v) is 4.99. The molecule has 0 amide bonds. The van der Waals surface area contributed by atoms with E-state index in [1.165, 1.54) is 19.3 Å². The quantitative estimate of drug-likeness (QED) is 0.877. The average Bonchev–Trinajstić information content (AvgIpc) is 2.79. The Morgan fingerprint density at radius 3 is 2.67 bits per heavy atom. The Labute approximate surface area is 122 Å². The van der Waals surface area contributed by atoms with Gasteiger partial charge in [-0.2, -0.15) is 11.8 Å². The minimum atomic E-state index is 0.441. The van der Waals surface area contributed by atoms with Crippen LogP contribution in [-0.2, 0) is 0 Å². The van der Waals surface area contributed by atoms with Gasteiger partial charge in [0, 0.05) is 18.3 Å². The SMILES string of the molecule is CNc1nc(NC2CCCC2SC)c(Cl)cc1Cl. The summed E-state index contributed by atoms with van der Waals surface area (Å²) in [6.07, 6.45) is 5.83. The molecule has 2 unspecified atom stereocenters. The summed E-state index contributed by atoms with van der Waals surface area (Å²) in [6.45, 7) is 0. The van der Waals surface area contributed by atoms with Crippen LogP contribution in [0.2, 0.25) is 10.0 Å². The Hall–Kier alpha value is -0.320. The molecule has 1 heterocycles. The Morgan fingerprint density at radius 1 is 1.28 bits per heavy atom. The summed E-state index contributed by atoms with van der Waals surface area (Å²) in [6, 6.07) is 2.17. The first-order valence-electron chi connectivity index (χ1n) is 5.98. The molecule has 0 spiro atoms. The average molecular weight is 306 g/mol. The molecule has 1 fully saturated rings. The van der Waals surface area contributed by atoms with Crippen LogP contribution in [0.25, 0.3) is 0 Å². The van der Waals surface area contributed by atoms with Gasteiger partial charge in [-0.3, -0.25) is 0 Å². The number of hydrogen-bond acceptors (Lipinski definition) is 4. The predicted molar refractivity (Wildman–Crippen MR) is 82.4 cm³/mol. The lowest BCUT2D eigenvalue weighted by Gasteiger charge is -2.21. The minimum absolute atomic E-state index is 0.441. The van der Waals surface area contributed by atoms with Crippen molar-refractivity contribution in [2.24, 2.45) is 0 Å². The smallest absolute Gasteiger partial charge is 0.147 e. The number of nitrogens with zero attached hydrogens (tertiary/aromatic N) is 1. The number of nitrogens with one attached hydrogen (secondary N) is 2. The van der Waals surface area contributed by atoms with Crippen LogP contribution >= 0.6 is 35.0 Å². The van der Waals surface area contributed by atoms with Gasteiger partial charge in [-0.25, -0.2) is 4.98 Å². The summed E-state index contributed by atoms with van der Waals surface area (Å²) in [5.74, 6) is 1.37. The summed E-state index contributed by atoms with van der Waals surface area (Å²) in [5, 5.41) is 8.17. The van der Waals surface area contributed by atoms with Crippen LogP contribution < -0.4 is 10.6 Å². The van der Waals surface area contributed by atoms with Crippen LogP contribution in [0.4, 0.5) is 11.6 Å². The van der Waals surface area contributed by atoms with Crippen LogP contribution in [-0.4, -0.2) is 29.6 Å². The van der Waals surface area contributed by atoms with E-state index in [1.54, 1.807) is 13.1 Å². The fourth-order valence-corrected chi connectivity index (χ4v) is 3.73. The second-order valence-corrected chi connectivity index (χ2v) is 6.25. The fourth-order valence-electron chi connectivity index (χ4n) is 2.29. The van der Waals surface area contributed by atoms with Crippen LogP contribution in [0.15, 0.2) is 6.07 Å². The summed E-state index contributed by atoms with van der Waals surface area (Å²) in [7, 11) is 1.80. The van der Waals surface area contributed by atoms with Crippen molar-refractivity contribution >= 4 is 46.6 Å². The van der Waals surface area contributed by atoms with Crippen molar-refractivity contribution in [1.29, 1.82) is 0 Å². The molecule has 2 N–H and O–H groups in total. The van der Waals surface area contributed by atoms with Gasteiger partial charge in [-0.1, -0.05) is 29.6 Å². The second kappa shape index (κ2) is 6.22. The molecule has 0 aliphatic heterocycles. The monoisotopic (exact) mass is 305 g/mol. The standard InChI is InChI=1S/C12H17Cl2N3S/c1-15-11-7(13)6-8(14)12(17-11)16-9-4-3-5-10(9)18-2/h6,9-10H,3-5H2,1-2H3,(H2,15,16,17). The van der Waals surface area contributed by atoms with Gasteiger partial charge in [0.2, 0.25) is 0 Å². The van der Waals surface area contributed by atoms with E-state index in [9.17, 15) is 0 Å². The molecular weight excluding hydrogens is 289 g/mol. The lowest BCUT2D eigenvalue weighted by atomic mass is 10.2. The van der Waals surface area contributed by atoms with Gasteiger partial charge in [0.25, 0.3) is 0 Å². The van der Waals surface area contributed by atoms with Crippen molar-refractivity contribution in [3.05, 3.63) is 16.1 Å². The Morgan fingerprint density at radius 2 is 2.00 bits per heavy atom. The first kappa shape index (κ1) is 14.1. The molecule has 18 heavy (non-hydrogen) atoms.